The number of carbonyl (C=O) groups excluding carboxylic acids is 1. The van der Waals surface area contributed by atoms with Crippen LogP contribution in [0.2, 0.25) is 0 Å². The summed E-state index contributed by atoms with van der Waals surface area (Å²) >= 11 is 0. The van der Waals surface area contributed by atoms with Gasteiger partial charge in [0.2, 0.25) is 5.91 Å². The Labute approximate surface area is 104 Å². The van der Waals surface area contributed by atoms with Crippen LogP contribution < -0.4 is 5.73 Å². The van der Waals surface area contributed by atoms with Crippen molar-refractivity contribution in [2.75, 3.05) is 26.3 Å². The SMILES string of the molecule is CC(C1CC1)N(CC(F)(F)F)C(=O)COCCN. The van der Waals surface area contributed by atoms with Gasteiger partial charge in [-0.2, -0.15) is 13.2 Å². The molecule has 1 unspecified atom stereocenters. The van der Waals surface area contributed by atoms with Crippen LogP contribution in [0.5, 0.6) is 0 Å². The monoisotopic (exact) mass is 268 g/mol. The first-order valence-electron chi connectivity index (χ1n) is 5.99. The van der Waals surface area contributed by atoms with Gasteiger partial charge in [0.25, 0.3) is 0 Å². The van der Waals surface area contributed by atoms with E-state index in [2.05, 4.69) is 0 Å². The number of nitrogens with two attached hydrogens (primary N) is 1. The molecule has 1 rings (SSSR count). The highest BCUT2D eigenvalue weighted by atomic mass is 19.4. The van der Waals surface area contributed by atoms with Gasteiger partial charge in [-0.25, -0.2) is 0 Å². The predicted molar refractivity (Wildman–Crippen MR) is 59.8 cm³/mol. The average molecular weight is 268 g/mol. The van der Waals surface area contributed by atoms with Crippen molar-refractivity contribution in [3.05, 3.63) is 0 Å². The van der Waals surface area contributed by atoms with Crippen molar-refractivity contribution in [3.63, 3.8) is 0 Å². The summed E-state index contributed by atoms with van der Waals surface area (Å²) in [7, 11) is 0. The van der Waals surface area contributed by atoms with E-state index in [4.69, 9.17) is 10.5 Å². The smallest absolute Gasteiger partial charge is 0.370 e. The number of carbonyl (C=O) groups is 1. The van der Waals surface area contributed by atoms with Crippen molar-refractivity contribution >= 4 is 5.91 Å². The molecule has 0 aromatic carbocycles. The zero-order valence-electron chi connectivity index (χ0n) is 10.4. The summed E-state index contributed by atoms with van der Waals surface area (Å²) in [4.78, 5) is 12.6. The zero-order valence-corrected chi connectivity index (χ0v) is 10.4. The largest absolute Gasteiger partial charge is 0.406 e. The highest BCUT2D eigenvalue weighted by Crippen LogP contribution is 2.36. The van der Waals surface area contributed by atoms with Crippen molar-refractivity contribution in [2.45, 2.75) is 32.0 Å². The van der Waals surface area contributed by atoms with E-state index in [1.807, 2.05) is 0 Å². The highest BCUT2D eigenvalue weighted by Gasteiger charge is 2.40. The van der Waals surface area contributed by atoms with Crippen LogP contribution >= 0.6 is 0 Å². The molecule has 18 heavy (non-hydrogen) atoms. The number of amides is 1. The molecule has 1 saturated carbocycles. The van der Waals surface area contributed by atoms with Gasteiger partial charge in [0, 0.05) is 12.6 Å². The minimum Gasteiger partial charge on any atom is -0.370 e. The first kappa shape index (κ1) is 15.2. The quantitative estimate of drug-likeness (QED) is 0.705. The van der Waals surface area contributed by atoms with Crippen molar-refractivity contribution in [1.29, 1.82) is 0 Å². The second-order valence-corrected chi connectivity index (χ2v) is 4.56. The molecular weight excluding hydrogens is 249 g/mol. The van der Waals surface area contributed by atoms with Crippen LogP contribution in [-0.2, 0) is 9.53 Å². The first-order valence-corrected chi connectivity index (χ1v) is 5.99. The van der Waals surface area contributed by atoms with E-state index >= 15 is 0 Å². The molecule has 1 fully saturated rings. The number of hydrogen-bond acceptors (Lipinski definition) is 3. The molecule has 0 heterocycles. The zero-order chi connectivity index (χ0) is 13.8. The van der Waals surface area contributed by atoms with Gasteiger partial charge in [-0.15, -0.1) is 0 Å². The molecule has 0 saturated heterocycles. The van der Waals surface area contributed by atoms with Crippen molar-refractivity contribution < 1.29 is 22.7 Å². The second kappa shape index (κ2) is 6.38. The maximum absolute atomic E-state index is 12.4. The van der Waals surface area contributed by atoms with Gasteiger partial charge in [-0.1, -0.05) is 0 Å². The van der Waals surface area contributed by atoms with Crippen LogP contribution in [0.1, 0.15) is 19.8 Å². The number of rotatable bonds is 7. The summed E-state index contributed by atoms with van der Waals surface area (Å²) in [5.74, 6) is -0.439. The van der Waals surface area contributed by atoms with Crippen LogP contribution in [0.15, 0.2) is 0 Å². The van der Waals surface area contributed by atoms with Crippen LogP contribution in [0.3, 0.4) is 0 Å². The molecule has 1 aliphatic rings. The van der Waals surface area contributed by atoms with Crippen molar-refractivity contribution in [1.82, 2.24) is 4.90 Å². The molecule has 1 amide bonds. The predicted octanol–water partition coefficient (Wildman–Crippen LogP) is 1.15. The number of alkyl halides is 3. The molecule has 7 heteroatoms. The van der Waals surface area contributed by atoms with Crippen molar-refractivity contribution in [2.24, 2.45) is 11.7 Å². The molecule has 0 aromatic rings. The fourth-order valence-corrected chi connectivity index (χ4v) is 1.81. The Bertz CT molecular complexity index is 280. The van der Waals surface area contributed by atoms with Crippen LogP contribution in [0.25, 0.3) is 0 Å². The summed E-state index contributed by atoms with van der Waals surface area (Å²) in [5, 5.41) is 0. The molecule has 0 radical (unpaired) electrons. The van der Waals surface area contributed by atoms with Crippen molar-refractivity contribution in [3.8, 4) is 0 Å². The third-order valence-electron chi connectivity index (χ3n) is 2.95. The van der Waals surface area contributed by atoms with Crippen LogP contribution in [0.4, 0.5) is 13.2 Å². The number of nitrogens with zero attached hydrogens (tertiary/aromatic N) is 1. The van der Waals surface area contributed by atoms with Gasteiger partial charge in [-0.3, -0.25) is 4.79 Å². The van der Waals surface area contributed by atoms with E-state index in [-0.39, 0.29) is 31.7 Å². The Morgan fingerprint density at radius 2 is 2.11 bits per heavy atom. The third kappa shape index (κ3) is 5.22. The summed E-state index contributed by atoms with van der Waals surface area (Å²) in [6.07, 6.45) is -2.62. The lowest BCUT2D eigenvalue weighted by molar-refractivity contribution is -0.168. The number of ether oxygens (including phenoxy) is 1. The fraction of sp³-hybridized carbons (Fsp3) is 0.909. The first-order chi connectivity index (χ1) is 8.35. The van der Waals surface area contributed by atoms with Crippen LogP contribution in [-0.4, -0.2) is 49.3 Å². The molecule has 0 aromatic heterocycles. The molecule has 1 atom stereocenters. The van der Waals surface area contributed by atoms with E-state index in [9.17, 15) is 18.0 Å². The Kier molecular flexibility index (Phi) is 5.40. The second-order valence-electron chi connectivity index (χ2n) is 4.56. The minimum absolute atomic E-state index is 0.170. The number of hydrogen-bond donors (Lipinski definition) is 1. The van der Waals surface area contributed by atoms with E-state index in [1.165, 1.54) is 0 Å². The maximum Gasteiger partial charge on any atom is 0.406 e. The Morgan fingerprint density at radius 3 is 2.56 bits per heavy atom. The van der Waals surface area contributed by atoms with Gasteiger partial charge in [0.05, 0.1) is 6.61 Å². The lowest BCUT2D eigenvalue weighted by Gasteiger charge is -2.30. The average Bonchev–Trinajstić information content (AvgIpc) is 3.07. The van der Waals surface area contributed by atoms with Gasteiger partial charge in [0.1, 0.15) is 13.2 Å². The number of halogens is 3. The third-order valence-corrected chi connectivity index (χ3v) is 2.95. The van der Waals surface area contributed by atoms with Crippen LogP contribution in [0, 0.1) is 5.92 Å². The van der Waals surface area contributed by atoms with E-state index in [1.54, 1.807) is 6.92 Å². The Hall–Kier alpha value is -0.820. The summed E-state index contributed by atoms with van der Waals surface area (Å²) in [6.45, 7) is 0.512. The molecule has 4 nitrogen and oxygen atoms in total. The topological polar surface area (TPSA) is 55.6 Å². The molecular formula is C11H19F3N2O2. The van der Waals surface area contributed by atoms with E-state index in [0.29, 0.717) is 0 Å². The Balaban J connectivity index is 2.55. The molecule has 106 valence electrons. The maximum atomic E-state index is 12.4. The van der Waals surface area contributed by atoms with Gasteiger partial charge in [0.15, 0.2) is 0 Å². The standard InChI is InChI=1S/C11H19F3N2O2/c1-8(9-2-3-9)16(7-11(12,13)14)10(17)6-18-5-4-15/h8-9H,2-7,15H2,1H3. The van der Waals surface area contributed by atoms with Gasteiger partial charge in [-0.05, 0) is 25.7 Å². The molecule has 2 N–H and O–H groups in total. The van der Waals surface area contributed by atoms with E-state index in [0.717, 1.165) is 17.7 Å². The van der Waals surface area contributed by atoms with E-state index < -0.39 is 18.6 Å². The molecule has 0 aliphatic heterocycles. The van der Waals surface area contributed by atoms with Gasteiger partial charge >= 0.3 is 6.18 Å². The Morgan fingerprint density at radius 1 is 1.50 bits per heavy atom. The fourth-order valence-electron chi connectivity index (χ4n) is 1.81. The lowest BCUT2D eigenvalue weighted by atomic mass is 10.2. The summed E-state index contributed by atoms with van der Waals surface area (Å²) < 4.78 is 42.2. The summed E-state index contributed by atoms with van der Waals surface area (Å²) in [6, 6.07) is -0.388. The molecule has 1 aliphatic carbocycles. The highest BCUT2D eigenvalue weighted by molar-refractivity contribution is 5.77. The molecule has 0 bridgehead atoms. The summed E-state index contributed by atoms with van der Waals surface area (Å²) in [5.41, 5.74) is 5.18. The lowest BCUT2D eigenvalue weighted by Crippen LogP contribution is -2.47. The minimum atomic E-state index is -4.38. The van der Waals surface area contributed by atoms with Gasteiger partial charge < -0.3 is 15.4 Å². The normalized spacial score (nSPS) is 17.6. The molecule has 0 spiro atoms.